The van der Waals surface area contributed by atoms with E-state index in [0.717, 1.165) is 0 Å². The molecule has 0 unspecified atom stereocenters. The van der Waals surface area contributed by atoms with Crippen molar-refractivity contribution in [2.45, 2.75) is 20.8 Å². The molecule has 0 bridgehead atoms. The Morgan fingerprint density at radius 1 is 1.22 bits per heavy atom. The Morgan fingerprint density at radius 3 is 2.33 bits per heavy atom. The lowest BCUT2D eigenvalue weighted by Crippen LogP contribution is -2.27. The first-order chi connectivity index (χ1) is 8.25. The van der Waals surface area contributed by atoms with Gasteiger partial charge in [-0.25, -0.2) is 0 Å². The quantitative estimate of drug-likeness (QED) is 0.866. The van der Waals surface area contributed by atoms with Crippen molar-refractivity contribution in [2.24, 2.45) is 5.41 Å². The molecule has 0 saturated heterocycles. The van der Waals surface area contributed by atoms with E-state index < -0.39 is 5.41 Å². The Kier molecular flexibility index (Phi) is 4.35. The van der Waals surface area contributed by atoms with E-state index in [1.807, 2.05) is 20.8 Å². The smallest absolute Gasteiger partial charge is 0.252 e. The summed E-state index contributed by atoms with van der Waals surface area (Å²) in [5.41, 5.74) is 0.399. The molecule has 1 rings (SSSR count). The largest absolute Gasteiger partial charge is 0.355 e. The number of halogens is 1. The zero-order valence-corrected chi connectivity index (χ0v) is 11.7. The molecule has 18 heavy (non-hydrogen) atoms. The van der Waals surface area contributed by atoms with Gasteiger partial charge in [0.05, 0.1) is 10.6 Å². The Balaban J connectivity index is 2.99. The molecule has 98 valence electrons. The minimum absolute atomic E-state index is 0.118. The summed E-state index contributed by atoms with van der Waals surface area (Å²) in [5, 5.41) is 5.60. The van der Waals surface area contributed by atoms with Crippen LogP contribution in [0.4, 0.5) is 5.69 Å². The van der Waals surface area contributed by atoms with Gasteiger partial charge in [-0.3, -0.25) is 9.59 Å². The van der Waals surface area contributed by atoms with E-state index in [1.54, 1.807) is 18.2 Å². The van der Waals surface area contributed by atoms with Crippen LogP contribution in [0.3, 0.4) is 0 Å². The fraction of sp³-hybridized carbons (Fsp3) is 0.385. The normalized spacial score (nSPS) is 10.9. The summed E-state index contributed by atoms with van der Waals surface area (Å²) in [5.74, 6) is -0.403. The molecule has 0 aliphatic carbocycles. The predicted octanol–water partition coefficient (Wildman–Crippen LogP) is 2.68. The first kappa shape index (κ1) is 14.5. The SMILES string of the molecule is CNC(=O)c1cc(NC(=O)C(C)(C)C)ccc1Cl. The second-order valence-electron chi connectivity index (χ2n) is 4.98. The van der Waals surface area contributed by atoms with Crippen molar-refractivity contribution >= 4 is 29.1 Å². The lowest BCUT2D eigenvalue weighted by Gasteiger charge is -2.18. The molecule has 0 heterocycles. The maximum Gasteiger partial charge on any atom is 0.252 e. The molecule has 0 fully saturated rings. The van der Waals surface area contributed by atoms with Crippen molar-refractivity contribution in [3.8, 4) is 0 Å². The average Bonchev–Trinajstić information content (AvgIpc) is 2.29. The molecule has 0 aromatic heterocycles. The van der Waals surface area contributed by atoms with Gasteiger partial charge in [-0.05, 0) is 18.2 Å². The number of carbonyl (C=O) groups is 2. The molecule has 1 aromatic carbocycles. The number of amides is 2. The summed E-state index contributed by atoms with van der Waals surface area (Å²) in [6.07, 6.45) is 0. The van der Waals surface area contributed by atoms with Gasteiger partial charge in [0, 0.05) is 18.2 Å². The highest BCUT2D eigenvalue weighted by Crippen LogP contribution is 2.22. The number of anilines is 1. The van der Waals surface area contributed by atoms with Crippen LogP contribution in [0.1, 0.15) is 31.1 Å². The summed E-state index contributed by atoms with van der Waals surface area (Å²) >= 11 is 5.92. The van der Waals surface area contributed by atoms with Crippen molar-refractivity contribution in [2.75, 3.05) is 12.4 Å². The molecule has 4 nitrogen and oxygen atoms in total. The molecule has 1 aromatic rings. The molecule has 2 N–H and O–H groups in total. The van der Waals surface area contributed by atoms with Crippen LogP contribution in [-0.2, 0) is 4.79 Å². The lowest BCUT2D eigenvalue weighted by atomic mass is 9.95. The maximum absolute atomic E-state index is 11.8. The summed E-state index contributed by atoms with van der Waals surface area (Å²) < 4.78 is 0. The second-order valence-corrected chi connectivity index (χ2v) is 5.39. The van der Waals surface area contributed by atoms with E-state index in [9.17, 15) is 9.59 Å². The van der Waals surface area contributed by atoms with Gasteiger partial charge in [0.1, 0.15) is 0 Å². The third kappa shape index (κ3) is 3.47. The predicted molar refractivity (Wildman–Crippen MR) is 72.9 cm³/mol. The van der Waals surface area contributed by atoms with Crippen molar-refractivity contribution in [1.82, 2.24) is 5.32 Å². The van der Waals surface area contributed by atoms with Crippen LogP contribution in [0.5, 0.6) is 0 Å². The second kappa shape index (κ2) is 5.40. The van der Waals surface area contributed by atoms with Crippen LogP contribution in [0, 0.1) is 5.41 Å². The topological polar surface area (TPSA) is 58.2 Å². The van der Waals surface area contributed by atoms with Crippen molar-refractivity contribution in [3.05, 3.63) is 28.8 Å². The van der Waals surface area contributed by atoms with E-state index in [1.165, 1.54) is 7.05 Å². The molecule has 0 saturated carbocycles. The summed E-state index contributed by atoms with van der Waals surface area (Å²) in [4.78, 5) is 23.4. The highest BCUT2D eigenvalue weighted by Gasteiger charge is 2.21. The lowest BCUT2D eigenvalue weighted by molar-refractivity contribution is -0.123. The number of rotatable bonds is 2. The minimum atomic E-state index is -0.493. The number of hydrogen-bond acceptors (Lipinski definition) is 2. The standard InChI is InChI=1S/C13H17ClN2O2/c1-13(2,3)12(18)16-8-5-6-10(14)9(7-8)11(17)15-4/h5-7H,1-4H3,(H,15,17)(H,16,18). The molecule has 0 atom stereocenters. The molecule has 0 radical (unpaired) electrons. The maximum atomic E-state index is 11.8. The summed E-state index contributed by atoms with van der Waals surface area (Å²) in [6.45, 7) is 5.45. The van der Waals surface area contributed by atoms with E-state index >= 15 is 0 Å². The number of carbonyl (C=O) groups excluding carboxylic acids is 2. The zero-order chi connectivity index (χ0) is 13.9. The van der Waals surface area contributed by atoms with Gasteiger partial charge in [0.2, 0.25) is 5.91 Å². The Bertz CT molecular complexity index is 478. The highest BCUT2D eigenvalue weighted by atomic mass is 35.5. The molecular formula is C13H17ClN2O2. The fourth-order valence-electron chi connectivity index (χ4n) is 1.23. The van der Waals surface area contributed by atoms with Crippen LogP contribution in [-0.4, -0.2) is 18.9 Å². The van der Waals surface area contributed by atoms with Gasteiger partial charge in [-0.2, -0.15) is 0 Å². The summed E-state index contributed by atoms with van der Waals surface area (Å²) in [7, 11) is 1.53. The minimum Gasteiger partial charge on any atom is -0.355 e. The van der Waals surface area contributed by atoms with Gasteiger partial charge in [-0.1, -0.05) is 32.4 Å². The third-order valence-electron chi connectivity index (χ3n) is 2.38. The van der Waals surface area contributed by atoms with Gasteiger partial charge in [0.25, 0.3) is 5.91 Å². The van der Waals surface area contributed by atoms with Crippen molar-refractivity contribution in [1.29, 1.82) is 0 Å². The van der Waals surface area contributed by atoms with Crippen LogP contribution in [0.15, 0.2) is 18.2 Å². The molecule has 0 aliphatic heterocycles. The van der Waals surface area contributed by atoms with E-state index in [2.05, 4.69) is 10.6 Å². The molecule has 0 aliphatic rings. The number of benzene rings is 1. The third-order valence-corrected chi connectivity index (χ3v) is 2.71. The van der Waals surface area contributed by atoms with Gasteiger partial charge >= 0.3 is 0 Å². The van der Waals surface area contributed by atoms with E-state index in [-0.39, 0.29) is 11.8 Å². The van der Waals surface area contributed by atoms with E-state index in [4.69, 9.17) is 11.6 Å². The monoisotopic (exact) mass is 268 g/mol. The molecule has 5 heteroatoms. The Hall–Kier alpha value is -1.55. The van der Waals surface area contributed by atoms with Gasteiger partial charge < -0.3 is 10.6 Å². The zero-order valence-electron chi connectivity index (χ0n) is 10.9. The average molecular weight is 269 g/mol. The highest BCUT2D eigenvalue weighted by molar-refractivity contribution is 6.34. The fourth-order valence-corrected chi connectivity index (χ4v) is 1.43. The van der Waals surface area contributed by atoms with Gasteiger partial charge in [0.15, 0.2) is 0 Å². The van der Waals surface area contributed by atoms with Crippen LogP contribution < -0.4 is 10.6 Å². The first-order valence-corrected chi connectivity index (χ1v) is 5.96. The van der Waals surface area contributed by atoms with E-state index in [0.29, 0.717) is 16.3 Å². The van der Waals surface area contributed by atoms with Crippen LogP contribution in [0.2, 0.25) is 5.02 Å². The van der Waals surface area contributed by atoms with Crippen molar-refractivity contribution in [3.63, 3.8) is 0 Å². The van der Waals surface area contributed by atoms with Gasteiger partial charge in [-0.15, -0.1) is 0 Å². The number of hydrogen-bond donors (Lipinski definition) is 2. The first-order valence-electron chi connectivity index (χ1n) is 5.59. The molecule has 2 amide bonds. The van der Waals surface area contributed by atoms with Crippen LogP contribution >= 0.6 is 11.6 Å². The van der Waals surface area contributed by atoms with Crippen LogP contribution in [0.25, 0.3) is 0 Å². The summed E-state index contributed by atoms with van der Waals surface area (Å²) in [6, 6.07) is 4.81. The molecule has 0 spiro atoms. The Morgan fingerprint density at radius 2 is 1.83 bits per heavy atom. The Labute approximate surface area is 112 Å². The van der Waals surface area contributed by atoms with Crippen molar-refractivity contribution < 1.29 is 9.59 Å². The number of nitrogens with one attached hydrogen (secondary N) is 2. The molecular weight excluding hydrogens is 252 g/mol.